The van der Waals surface area contributed by atoms with Crippen LogP contribution in [-0.4, -0.2) is 119 Å². The fourth-order valence-electron chi connectivity index (χ4n) is 5.00. The van der Waals surface area contributed by atoms with Crippen molar-refractivity contribution in [2.45, 2.75) is 36.9 Å². The van der Waals surface area contributed by atoms with Gasteiger partial charge in [0.2, 0.25) is 0 Å². The van der Waals surface area contributed by atoms with Crippen LogP contribution in [0, 0.1) is 5.82 Å². The monoisotopic (exact) mass is 610 g/mol. The van der Waals surface area contributed by atoms with E-state index in [9.17, 15) is 55.2 Å². The van der Waals surface area contributed by atoms with Gasteiger partial charge in [-0.3, -0.25) is 24.2 Å². The molecule has 2 heterocycles. The van der Waals surface area contributed by atoms with Crippen LogP contribution in [0.25, 0.3) is 0 Å². The van der Waals surface area contributed by atoms with E-state index in [0.717, 1.165) is 7.05 Å². The fraction of sp³-hybridized carbons (Fsp3) is 0.423. The summed E-state index contributed by atoms with van der Waals surface area (Å²) in [6.45, 7) is 0.297. The van der Waals surface area contributed by atoms with E-state index in [1.54, 1.807) is 4.90 Å². The third-order valence-electron chi connectivity index (χ3n) is 7.56. The zero-order valence-corrected chi connectivity index (χ0v) is 22.7. The highest BCUT2D eigenvalue weighted by Crippen LogP contribution is 2.43. The van der Waals surface area contributed by atoms with Gasteiger partial charge in [0, 0.05) is 50.0 Å². The van der Waals surface area contributed by atoms with Crippen molar-refractivity contribution in [2.24, 2.45) is 0 Å². The first-order chi connectivity index (χ1) is 20.1. The van der Waals surface area contributed by atoms with E-state index in [4.69, 9.17) is 4.74 Å². The number of fused-ring (bicyclic) bond motifs is 1. The molecule has 43 heavy (non-hydrogen) atoms. The molecule has 234 valence electrons. The molecule has 0 saturated carbocycles. The molecule has 4 rings (SSSR count). The van der Waals surface area contributed by atoms with Crippen molar-refractivity contribution in [1.29, 1.82) is 0 Å². The summed E-state index contributed by atoms with van der Waals surface area (Å²) in [6, 6.07) is 3.93. The molecule has 1 fully saturated rings. The Bertz CT molecular complexity index is 1420. The molecule has 0 aliphatic carbocycles. The Kier molecular flexibility index (Phi) is 8.53. The highest BCUT2D eigenvalue weighted by atomic mass is 19.1. The lowest BCUT2D eigenvalue weighted by Gasteiger charge is -2.46. The van der Waals surface area contributed by atoms with Crippen LogP contribution < -0.4 is 10.6 Å². The summed E-state index contributed by atoms with van der Waals surface area (Å²) in [5.74, 6) is -15.1. The van der Waals surface area contributed by atoms with Crippen molar-refractivity contribution in [3.63, 3.8) is 0 Å². The summed E-state index contributed by atoms with van der Waals surface area (Å²) in [7, 11) is 0.930. The molecule has 0 radical (unpaired) electrons. The zero-order valence-electron chi connectivity index (χ0n) is 22.7. The molecule has 0 spiro atoms. The number of phenols is 3. The molecule has 1 unspecified atom stereocenters. The standard InChI is InChI=1S/C26H31FN4O12/c1-28-23(37)25(40,26(41,42)24(38,39)12-32)31-11-15-13(22(31)36)3-2-4-17(15)29-9-14-18(27)19(33)16(21(35)20(14)34)10-30-5-7-43-8-6-30/h2-4,12,29,33-35,38-42H,5-11H2,1H3,(H,28,37). The Hall–Kier alpha value is -4.10. The predicted octanol–water partition coefficient (Wildman–Crippen LogP) is -2.66. The zero-order chi connectivity index (χ0) is 31.9. The van der Waals surface area contributed by atoms with Gasteiger partial charge in [-0.25, -0.2) is 4.39 Å². The summed E-state index contributed by atoms with van der Waals surface area (Å²) >= 11 is 0. The Morgan fingerprint density at radius 2 is 1.67 bits per heavy atom. The fourth-order valence-corrected chi connectivity index (χ4v) is 5.00. The lowest BCUT2D eigenvalue weighted by atomic mass is 9.91. The third-order valence-corrected chi connectivity index (χ3v) is 7.56. The molecule has 2 amide bonds. The van der Waals surface area contributed by atoms with Crippen molar-refractivity contribution in [3.05, 3.63) is 46.3 Å². The third kappa shape index (κ3) is 5.10. The number of aldehydes is 1. The van der Waals surface area contributed by atoms with Crippen LogP contribution in [0.5, 0.6) is 17.2 Å². The number of rotatable bonds is 10. The molecule has 2 aromatic rings. The van der Waals surface area contributed by atoms with Crippen molar-refractivity contribution in [2.75, 3.05) is 38.7 Å². The van der Waals surface area contributed by atoms with Gasteiger partial charge in [0.05, 0.1) is 30.9 Å². The van der Waals surface area contributed by atoms with Crippen molar-refractivity contribution >= 4 is 23.8 Å². The summed E-state index contributed by atoms with van der Waals surface area (Å²) in [6.07, 6.45) is -0.764. The van der Waals surface area contributed by atoms with Crippen molar-refractivity contribution < 1.29 is 64.4 Å². The first kappa shape index (κ1) is 31.8. The molecule has 2 aliphatic rings. The second kappa shape index (κ2) is 11.5. The number of ether oxygens (including phenoxy) is 1. The number of hydrogen-bond donors (Lipinski definition) is 10. The Labute approximate surface area is 242 Å². The lowest BCUT2D eigenvalue weighted by Crippen LogP contribution is -2.78. The van der Waals surface area contributed by atoms with Gasteiger partial charge in [-0.2, -0.15) is 0 Å². The van der Waals surface area contributed by atoms with Crippen LogP contribution in [0.15, 0.2) is 18.2 Å². The smallest absolute Gasteiger partial charge is 0.285 e. The predicted molar refractivity (Wildman–Crippen MR) is 141 cm³/mol. The molecule has 17 heteroatoms. The van der Waals surface area contributed by atoms with Gasteiger partial charge >= 0.3 is 0 Å². The van der Waals surface area contributed by atoms with Crippen LogP contribution in [0.2, 0.25) is 0 Å². The number of nitrogens with one attached hydrogen (secondary N) is 2. The van der Waals surface area contributed by atoms with Crippen molar-refractivity contribution in [3.8, 4) is 17.2 Å². The maximum atomic E-state index is 15.2. The first-order valence-corrected chi connectivity index (χ1v) is 12.9. The number of amides is 2. The molecule has 2 aliphatic heterocycles. The van der Waals surface area contributed by atoms with E-state index in [1.807, 2.05) is 5.32 Å². The number of likely N-dealkylation sites (N-methyl/N-ethyl adjacent to an activating group) is 1. The molecular weight excluding hydrogens is 579 g/mol. The Morgan fingerprint density at radius 3 is 2.28 bits per heavy atom. The molecule has 2 aromatic carbocycles. The van der Waals surface area contributed by atoms with Gasteiger partial charge in [0.15, 0.2) is 29.4 Å². The summed E-state index contributed by atoms with van der Waals surface area (Å²) in [4.78, 5) is 39.1. The molecule has 16 nitrogen and oxygen atoms in total. The highest BCUT2D eigenvalue weighted by molar-refractivity contribution is 6.03. The number of carbonyl (C=O) groups is 3. The van der Waals surface area contributed by atoms with E-state index in [-0.39, 0.29) is 33.8 Å². The lowest BCUT2D eigenvalue weighted by molar-refractivity contribution is -0.398. The minimum Gasteiger partial charge on any atom is -0.504 e. The second-order valence-corrected chi connectivity index (χ2v) is 10.0. The quantitative estimate of drug-likeness (QED) is 0.0571. The minimum atomic E-state index is -4.35. The normalized spacial score (nSPS) is 17.4. The van der Waals surface area contributed by atoms with Crippen LogP contribution in [0.3, 0.4) is 0 Å². The average Bonchev–Trinajstić information content (AvgIpc) is 3.34. The number of benzene rings is 2. The second-order valence-electron chi connectivity index (χ2n) is 10.0. The number of morpholine rings is 1. The Morgan fingerprint density at radius 1 is 1.05 bits per heavy atom. The van der Waals surface area contributed by atoms with E-state index in [2.05, 4.69) is 5.32 Å². The van der Waals surface area contributed by atoms with Gasteiger partial charge in [0.1, 0.15) is 0 Å². The van der Waals surface area contributed by atoms with Crippen LogP contribution in [-0.2, 0) is 34.0 Å². The summed E-state index contributed by atoms with van der Waals surface area (Å²) in [5.41, 5.74) is -4.78. The molecule has 1 atom stereocenters. The number of aromatic hydroxyl groups is 3. The maximum Gasteiger partial charge on any atom is 0.285 e. The number of nitrogens with zero attached hydrogens (tertiary/aromatic N) is 2. The number of anilines is 1. The van der Waals surface area contributed by atoms with Gasteiger partial charge in [-0.15, -0.1) is 0 Å². The van der Waals surface area contributed by atoms with E-state index in [1.165, 1.54) is 18.2 Å². The van der Waals surface area contributed by atoms with Crippen LogP contribution >= 0.6 is 0 Å². The number of hydrogen-bond acceptors (Lipinski definition) is 14. The maximum absolute atomic E-state index is 15.2. The minimum absolute atomic E-state index is 0.00418. The molecular formula is C26H31FN4O12. The number of phenolic OH excluding ortho intramolecular Hbond substituents is 3. The molecule has 10 N–H and O–H groups in total. The number of halogens is 1. The SMILES string of the molecule is CNC(=O)C(O)(N1Cc2c(NCc3c(O)c(O)c(CN4CCOCC4)c(O)c3F)cccc2C1=O)C(O)(O)C(O)(O)C=O. The number of aliphatic hydroxyl groups is 5. The van der Waals surface area contributed by atoms with E-state index >= 15 is 4.39 Å². The van der Waals surface area contributed by atoms with Gasteiger partial charge < -0.3 is 56.2 Å². The summed E-state index contributed by atoms with van der Waals surface area (Å²) < 4.78 is 20.5. The van der Waals surface area contributed by atoms with E-state index in [0.29, 0.717) is 26.3 Å². The van der Waals surface area contributed by atoms with Gasteiger partial charge in [-0.1, -0.05) is 6.07 Å². The van der Waals surface area contributed by atoms with Gasteiger partial charge in [-0.05, 0) is 12.1 Å². The number of carbonyl (C=O) groups excluding carboxylic acids is 3. The molecule has 1 saturated heterocycles. The largest absolute Gasteiger partial charge is 0.504 e. The molecule has 0 bridgehead atoms. The highest BCUT2D eigenvalue weighted by Gasteiger charge is 2.70. The van der Waals surface area contributed by atoms with Gasteiger partial charge in [0.25, 0.3) is 29.1 Å². The van der Waals surface area contributed by atoms with Crippen LogP contribution in [0.4, 0.5) is 10.1 Å². The van der Waals surface area contributed by atoms with E-state index < -0.39 is 77.1 Å². The van der Waals surface area contributed by atoms with Crippen molar-refractivity contribution in [1.82, 2.24) is 15.1 Å². The molecule has 0 aromatic heterocycles. The van der Waals surface area contributed by atoms with Crippen LogP contribution in [0.1, 0.15) is 27.0 Å². The topological polar surface area (TPSA) is 253 Å². The Balaban J connectivity index is 1.65. The summed E-state index contributed by atoms with van der Waals surface area (Å²) in [5, 5.41) is 88.0. The first-order valence-electron chi connectivity index (χ1n) is 12.9. The average molecular weight is 611 g/mol.